The second kappa shape index (κ2) is 5.73. The summed E-state index contributed by atoms with van der Waals surface area (Å²) in [7, 11) is 0. The average molecular weight is 363 g/mol. The van der Waals surface area contributed by atoms with Crippen LogP contribution in [-0.2, 0) is 0 Å². The number of rotatable bonds is 1. The molecule has 5 heteroatoms. The fourth-order valence-electron chi connectivity index (χ4n) is 2.43. The van der Waals surface area contributed by atoms with Gasteiger partial charge < -0.3 is 10.6 Å². The van der Waals surface area contributed by atoms with Gasteiger partial charge in [-0.3, -0.25) is 4.79 Å². The smallest absolute Gasteiger partial charge is 0.258 e. The normalized spacial score (nSPS) is 13.9. The van der Waals surface area contributed by atoms with Crippen molar-refractivity contribution < 1.29 is 4.79 Å². The van der Waals surface area contributed by atoms with Gasteiger partial charge in [0.15, 0.2) is 0 Å². The molecule has 108 valence electrons. The number of carbonyl (C=O) groups is 1. The molecule has 1 heterocycles. The highest BCUT2D eigenvalue weighted by molar-refractivity contribution is 9.10. The monoisotopic (exact) mass is 362 g/mol. The molecule has 0 aliphatic carbocycles. The third-order valence-corrected chi connectivity index (χ3v) is 5.49. The van der Waals surface area contributed by atoms with Gasteiger partial charge in [0.05, 0.1) is 5.69 Å². The summed E-state index contributed by atoms with van der Waals surface area (Å²) in [5, 5.41) is 0. The molecular formula is C16H15BrN2OS. The van der Waals surface area contributed by atoms with E-state index in [1.54, 1.807) is 11.8 Å². The maximum atomic E-state index is 12.9. The van der Waals surface area contributed by atoms with E-state index in [0.29, 0.717) is 12.2 Å². The molecule has 0 saturated carbocycles. The number of fused-ring (bicyclic) bond motifs is 1. The van der Waals surface area contributed by atoms with E-state index in [1.165, 1.54) is 0 Å². The third-order valence-electron chi connectivity index (χ3n) is 3.59. The summed E-state index contributed by atoms with van der Waals surface area (Å²) >= 11 is 5.25. The molecular weight excluding hydrogens is 348 g/mol. The second-order valence-electron chi connectivity index (χ2n) is 4.94. The number of benzene rings is 2. The number of halogens is 1. The predicted molar refractivity (Wildman–Crippen MR) is 92.1 cm³/mol. The predicted octanol–water partition coefficient (Wildman–Crippen LogP) is 4.09. The van der Waals surface area contributed by atoms with Gasteiger partial charge >= 0.3 is 0 Å². The van der Waals surface area contributed by atoms with Crippen LogP contribution in [0.1, 0.15) is 15.9 Å². The Hall–Kier alpha value is -1.46. The van der Waals surface area contributed by atoms with Crippen LogP contribution < -0.4 is 10.6 Å². The first kappa shape index (κ1) is 14.5. The molecule has 1 aliphatic heterocycles. The van der Waals surface area contributed by atoms with Crippen molar-refractivity contribution in [1.82, 2.24) is 0 Å². The van der Waals surface area contributed by atoms with Gasteiger partial charge in [-0.25, -0.2) is 0 Å². The van der Waals surface area contributed by atoms with Gasteiger partial charge in [0.1, 0.15) is 0 Å². The summed E-state index contributed by atoms with van der Waals surface area (Å²) in [5.74, 6) is 0.927. The van der Waals surface area contributed by atoms with Crippen molar-refractivity contribution >= 4 is 45.0 Å². The first-order chi connectivity index (χ1) is 10.1. The van der Waals surface area contributed by atoms with Crippen LogP contribution in [0.4, 0.5) is 11.4 Å². The highest BCUT2D eigenvalue weighted by Gasteiger charge is 2.25. The fraction of sp³-hybridized carbons (Fsp3) is 0.188. The Labute approximate surface area is 136 Å². The molecule has 0 fully saturated rings. The first-order valence-electron chi connectivity index (χ1n) is 6.67. The third kappa shape index (κ3) is 2.68. The van der Waals surface area contributed by atoms with Crippen molar-refractivity contribution in [3.05, 3.63) is 52.0 Å². The van der Waals surface area contributed by atoms with Gasteiger partial charge in [0.2, 0.25) is 0 Å². The molecule has 1 aliphatic rings. The molecule has 0 unspecified atom stereocenters. The lowest BCUT2D eigenvalue weighted by molar-refractivity contribution is 0.0987. The minimum absolute atomic E-state index is 0.0287. The molecule has 3 rings (SSSR count). The Morgan fingerprint density at radius 3 is 2.95 bits per heavy atom. The molecule has 3 nitrogen and oxygen atoms in total. The number of amides is 1. The van der Waals surface area contributed by atoms with Gasteiger partial charge in [-0.05, 0) is 42.8 Å². The second-order valence-corrected chi connectivity index (χ2v) is 6.94. The lowest BCUT2D eigenvalue weighted by Gasteiger charge is -2.30. The van der Waals surface area contributed by atoms with E-state index < -0.39 is 0 Å². The van der Waals surface area contributed by atoms with Crippen LogP contribution in [0, 0.1) is 6.92 Å². The summed E-state index contributed by atoms with van der Waals surface area (Å²) < 4.78 is 0.951. The van der Waals surface area contributed by atoms with E-state index in [-0.39, 0.29) is 5.91 Å². The molecule has 21 heavy (non-hydrogen) atoms. The van der Waals surface area contributed by atoms with Gasteiger partial charge in [-0.2, -0.15) is 0 Å². The van der Waals surface area contributed by atoms with Crippen LogP contribution in [0.5, 0.6) is 0 Å². The first-order valence-corrected chi connectivity index (χ1v) is 8.45. The number of carbonyl (C=O) groups excluding carboxylic acids is 1. The van der Waals surface area contributed by atoms with Gasteiger partial charge in [-0.1, -0.05) is 22.0 Å². The summed E-state index contributed by atoms with van der Waals surface area (Å²) in [6.45, 7) is 2.65. The Morgan fingerprint density at radius 2 is 2.14 bits per heavy atom. The molecule has 0 spiro atoms. The van der Waals surface area contributed by atoms with Crippen molar-refractivity contribution in [3.63, 3.8) is 0 Å². The Balaban J connectivity index is 2.04. The number of nitrogens with zero attached hydrogens (tertiary/aromatic N) is 1. The van der Waals surface area contributed by atoms with Crippen molar-refractivity contribution in [2.24, 2.45) is 0 Å². The molecule has 0 bridgehead atoms. The number of thioether (sulfide) groups is 1. The standard InChI is InChI=1S/C16H15BrN2OS/c1-10-12(3-2-4-13(10)17)16(20)19-7-8-21-15-6-5-11(18)9-14(15)19/h2-6,9H,7-8,18H2,1H3. The highest BCUT2D eigenvalue weighted by Crippen LogP contribution is 2.37. The molecule has 0 saturated heterocycles. The van der Waals surface area contributed by atoms with Crippen LogP contribution in [0.2, 0.25) is 0 Å². The molecule has 0 aromatic heterocycles. The van der Waals surface area contributed by atoms with Crippen LogP contribution >= 0.6 is 27.7 Å². The molecule has 2 N–H and O–H groups in total. The van der Waals surface area contributed by atoms with Gasteiger partial charge in [-0.15, -0.1) is 11.8 Å². The van der Waals surface area contributed by atoms with Crippen LogP contribution in [0.3, 0.4) is 0 Å². The maximum absolute atomic E-state index is 12.9. The molecule has 1 amide bonds. The van der Waals surface area contributed by atoms with Gasteiger partial charge in [0.25, 0.3) is 5.91 Å². The molecule has 0 atom stereocenters. The lowest BCUT2D eigenvalue weighted by atomic mass is 10.1. The quantitative estimate of drug-likeness (QED) is 0.777. The number of nitrogens with two attached hydrogens (primary N) is 1. The average Bonchev–Trinajstić information content (AvgIpc) is 2.48. The van der Waals surface area contributed by atoms with Crippen LogP contribution in [0.25, 0.3) is 0 Å². The SMILES string of the molecule is Cc1c(Br)cccc1C(=O)N1CCSc2ccc(N)cc21. The summed E-state index contributed by atoms with van der Waals surface area (Å²) in [6, 6.07) is 11.5. The maximum Gasteiger partial charge on any atom is 0.258 e. The zero-order valence-corrected chi connectivity index (χ0v) is 14.0. The van der Waals surface area contributed by atoms with Crippen LogP contribution in [-0.4, -0.2) is 18.2 Å². The summed E-state index contributed by atoms with van der Waals surface area (Å²) in [5.41, 5.74) is 9.17. The Bertz CT molecular complexity index is 717. The minimum Gasteiger partial charge on any atom is -0.399 e. The fourth-order valence-corrected chi connectivity index (χ4v) is 3.77. The van der Waals surface area contributed by atoms with E-state index >= 15 is 0 Å². The minimum atomic E-state index is 0.0287. The van der Waals surface area contributed by atoms with E-state index in [1.807, 2.05) is 48.2 Å². The largest absolute Gasteiger partial charge is 0.399 e. The molecule has 2 aromatic carbocycles. The number of nitrogen functional groups attached to an aromatic ring is 1. The van der Waals surface area contributed by atoms with E-state index in [2.05, 4.69) is 15.9 Å². The number of hydrogen-bond donors (Lipinski definition) is 1. The van der Waals surface area contributed by atoms with Gasteiger partial charge in [0, 0.05) is 32.9 Å². The zero-order valence-electron chi connectivity index (χ0n) is 11.6. The van der Waals surface area contributed by atoms with E-state index in [0.717, 1.165) is 31.9 Å². The van der Waals surface area contributed by atoms with Crippen molar-refractivity contribution in [1.29, 1.82) is 0 Å². The Kier molecular flexibility index (Phi) is 3.95. The van der Waals surface area contributed by atoms with E-state index in [9.17, 15) is 4.79 Å². The highest BCUT2D eigenvalue weighted by atomic mass is 79.9. The number of anilines is 2. The number of hydrogen-bond acceptors (Lipinski definition) is 3. The van der Waals surface area contributed by atoms with Crippen LogP contribution in [0.15, 0.2) is 45.8 Å². The molecule has 2 aromatic rings. The molecule has 0 radical (unpaired) electrons. The topological polar surface area (TPSA) is 46.3 Å². The Morgan fingerprint density at radius 1 is 1.33 bits per heavy atom. The van der Waals surface area contributed by atoms with Crippen molar-refractivity contribution in [3.8, 4) is 0 Å². The zero-order chi connectivity index (χ0) is 15.0. The lowest BCUT2D eigenvalue weighted by Crippen LogP contribution is -2.35. The summed E-state index contributed by atoms with van der Waals surface area (Å²) in [4.78, 5) is 15.8. The van der Waals surface area contributed by atoms with E-state index in [4.69, 9.17) is 5.73 Å². The van der Waals surface area contributed by atoms with Crippen molar-refractivity contribution in [2.75, 3.05) is 22.9 Å². The summed E-state index contributed by atoms with van der Waals surface area (Å²) in [6.07, 6.45) is 0. The van der Waals surface area contributed by atoms with Crippen molar-refractivity contribution in [2.45, 2.75) is 11.8 Å².